The van der Waals surface area contributed by atoms with Gasteiger partial charge in [-0.05, 0) is 42.8 Å². The van der Waals surface area contributed by atoms with E-state index >= 15 is 0 Å². The molecule has 7 nitrogen and oxygen atoms in total. The first-order chi connectivity index (χ1) is 12.8. The van der Waals surface area contributed by atoms with Crippen molar-refractivity contribution in [1.82, 2.24) is 4.72 Å². The molecule has 1 amide bonds. The molecule has 0 aromatic heterocycles. The van der Waals surface area contributed by atoms with Gasteiger partial charge in [0.25, 0.3) is 0 Å². The molecule has 0 bridgehead atoms. The highest BCUT2D eigenvalue weighted by Crippen LogP contribution is 2.27. The van der Waals surface area contributed by atoms with E-state index < -0.39 is 16.1 Å². The Balaban J connectivity index is 1.76. The van der Waals surface area contributed by atoms with Crippen molar-refractivity contribution in [2.24, 2.45) is 0 Å². The molecule has 1 saturated heterocycles. The molecule has 0 radical (unpaired) electrons. The Hall–Kier alpha value is -2.58. The minimum atomic E-state index is -3.74. The van der Waals surface area contributed by atoms with Crippen LogP contribution < -0.4 is 19.1 Å². The number of sulfonamides is 1. The van der Waals surface area contributed by atoms with Gasteiger partial charge < -0.3 is 14.4 Å². The first-order valence-corrected chi connectivity index (χ1v) is 9.94. The van der Waals surface area contributed by atoms with Crippen LogP contribution in [0.25, 0.3) is 0 Å². The van der Waals surface area contributed by atoms with Crippen LogP contribution >= 0.6 is 0 Å². The number of aryl methyl sites for hydroxylation is 1. The third-order valence-electron chi connectivity index (χ3n) is 4.49. The number of nitrogens with zero attached hydrogens (tertiary/aromatic N) is 1. The van der Waals surface area contributed by atoms with E-state index in [0.717, 1.165) is 5.56 Å². The summed E-state index contributed by atoms with van der Waals surface area (Å²) in [5, 5.41) is 0. The second-order valence-electron chi connectivity index (χ2n) is 6.36. The van der Waals surface area contributed by atoms with Gasteiger partial charge in [-0.3, -0.25) is 4.79 Å². The number of hydrogen-bond acceptors (Lipinski definition) is 5. The van der Waals surface area contributed by atoms with Crippen LogP contribution in [0.5, 0.6) is 11.5 Å². The predicted molar refractivity (Wildman–Crippen MR) is 102 cm³/mol. The van der Waals surface area contributed by atoms with Gasteiger partial charge in [0.15, 0.2) is 0 Å². The van der Waals surface area contributed by atoms with E-state index in [1.807, 2.05) is 0 Å². The molecule has 3 rings (SSSR count). The highest BCUT2D eigenvalue weighted by atomic mass is 32.2. The number of nitrogens with one attached hydrogen (secondary N) is 1. The third kappa shape index (κ3) is 4.06. The van der Waals surface area contributed by atoms with Gasteiger partial charge in [0.2, 0.25) is 15.9 Å². The van der Waals surface area contributed by atoms with Crippen LogP contribution in [0.1, 0.15) is 12.0 Å². The summed E-state index contributed by atoms with van der Waals surface area (Å²) in [5.41, 5.74) is 1.40. The van der Waals surface area contributed by atoms with Crippen LogP contribution in [-0.4, -0.2) is 41.1 Å². The lowest BCUT2D eigenvalue weighted by Gasteiger charge is -2.18. The van der Waals surface area contributed by atoms with Crippen molar-refractivity contribution in [2.45, 2.75) is 24.3 Å². The maximum atomic E-state index is 12.7. The van der Waals surface area contributed by atoms with E-state index in [9.17, 15) is 13.2 Å². The summed E-state index contributed by atoms with van der Waals surface area (Å²) in [6, 6.07) is 11.3. The van der Waals surface area contributed by atoms with Gasteiger partial charge in [-0.2, -0.15) is 0 Å². The molecule has 1 N–H and O–H groups in total. The number of anilines is 1. The molecule has 0 saturated carbocycles. The van der Waals surface area contributed by atoms with Crippen molar-refractivity contribution >= 4 is 21.6 Å². The Morgan fingerprint density at radius 1 is 1.11 bits per heavy atom. The van der Waals surface area contributed by atoms with Gasteiger partial charge in [0, 0.05) is 30.8 Å². The van der Waals surface area contributed by atoms with Gasteiger partial charge in [-0.1, -0.05) is 6.07 Å². The second-order valence-corrected chi connectivity index (χ2v) is 8.07. The molecule has 0 unspecified atom stereocenters. The number of rotatable bonds is 6. The summed E-state index contributed by atoms with van der Waals surface area (Å²) in [6.07, 6.45) is 0.103. The maximum absolute atomic E-state index is 12.7. The SMILES string of the molecule is COc1cccc(N2C[C@@H](NS(=O)(=O)c3ccc(OC)c(C)c3)CC2=O)c1. The molecule has 27 heavy (non-hydrogen) atoms. The van der Waals surface area contributed by atoms with Crippen molar-refractivity contribution < 1.29 is 22.7 Å². The van der Waals surface area contributed by atoms with Crippen LogP contribution in [0.3, 0.4) is 0 Å². The van der Waals surface area contributed by atoms with Gasteiger partial charge in [-0.25, -0.2) is 13.1 Å². The van der Waals surface area contributed by atoms with E-state index in [-0.39, 0.29) is 23.8 Å². The van der Waals surface area contributed by atoms with Crippen molar-refractivity contribution in [1.29, 1.82) is 0 Å². The summed E-state index contributed by atoms with van der Waals surface area (Å²) in [6.45, 7) is 2.04. The average molecular weight is 390 g/mol. The minimum absolute atomic E-state index is 0.103. The second kappa shape index (κ2) is 7.58. The quantitative estimate of drug-likeness (QED) is 0.816. The number of benzene rings is 2. The van der Waals surface area contributed by atoms with Crippen LogP contribution in [-0.2, 0) is 14.8 Å². The summed E-state index contributed by atoms with van der Waals surface area (Å²) in [5.74, 6) is 1.12. The van der Waals surface area contributed by atoms with E-state index in [1.54, 1.807) is 55.3 Å². The molecule has 144 valence electrons. The topological polar surface area (TPSA) is 84.9 Å². The summed E-state index contributed by atoms with van der Waals surface area (Å²) >= 11 is 0. The number of amides is 1. The maximum Gasteiger partial charge on any atom is 0.240 e. The zero-order chi connectivity index (χ0) is 19.6. The van der Waals surface area contributed by atoms with E-state index in [1.165, 1.54) is 13.2 Å². The van der Waals surface area contributed by atoms with Gasteiger partial charge in [0.1, 0.15) is 11.5 Å². The van der Waals surface area contributed by atoms with Crippen LogP contribution in [0.4, 0.5) is 5.69 Å². The van der Waals surface area contributed by atoms with E-state index in [0.29, 0.717) is 17.2 Å². The Bertz CT molecular complexity index is 958. The van der Waals surface area contributed by atoms with Crippen molar-refractivity contribution in [2.75, 3.05) is 25.7 Å². The number of ether oxygens (including phenoxy) is 2. The summed E-state index contributed by atoms with van der Waals surface area (Å²) < 4.78 is 38.4. The fraction of sp³-hybridized carbons (Fsp3) is 0.316. The summed E-state index contributed by atoms with van der Waals surface area (Å²) in [7, 11) is -0.654. The molecule has 1 fully saturated rings. The standard InChI is InChI=1S/C19H22N2O5S/c1-13-9-17(7-8-18(13)26-3)27(23,24)20-14-10-19(22)21(12-14)15-5-4-6-16(11-15)25-2/h4-9,11,14,20H,10,12H2,1-3H3/t14-/m0/s1. The van der Waals surface area contributed by atoms with Crippen LogP contribution in [0.15, 0.2) is 47.4 Å². The number of carbonyl (C=O) groups excluding carboxylic acids is 1. The zero-order valence-electron chi connectivity index (χ0n) is 15.4. The first-order valence-electron chi connectivity index (χ1n) is 8.45. The number of hydrogen-bond donors (Lipinski definition) is 1. The molecule has 2 aromatic rings. The molecule has 8 heteroatoms. The van der Waals surface area contributed by atoms with E-state index in [4.69, 9.17) is 9.47 Å². The first kappa shape index (κ1) is 19.2. The fourth-order valence-electron chi connectivity index (χ4n) is 3.12. The van der Waals surface area contributed by atoms with Crippen molar-refractivity contribution in [3.8, 4) is 11.5 Å². The molecule has 0 spiro atoms. The molecular formula is C19H22N2O5S. The Kier molecular flexibility index (Phi) is 5.38. The Morgan fingerprint density at radius 3 is 2.56 bits per heavy atom. The molecule has 1 heterocycles. The van der Waals surface area contributed by atoms with Gasteiger partial charge >= 0.3 is 0 Å². The summed E-state index contributed by atoms with van der Waals surface area (Å²) in [4.78, 5) is 14.1. The van der Waals surface area contributed by atoms with Crippen LogP contribution in [0.2, 0.25) is 0 Å². The minimum Gasteiger partial charge on any atom is -0.497 e. The monoisotopic (exact) mass is 390 g/mol. The predicted octanol–water partition coefficient (Wildman–Crippen LogP) is 2.10. The Labute approximate surface area is 158 Å². The smallest absolute Gasteiger partial charge is 0.240 e. The molecular weight excluding hydrogens is 368 g/mol. The lowest BCUT2D eigenvalue weighted by molar-refractivity contribution is -0.117. The van der Waals surface area contributed by atoms with E-state index in [2.05, 4.69) is 4.72 Å². The lowest BCUT2D eigenvalue weighted by Crippen LogP contribution is -2.37. The third-order valence-corrected chi connectivity index (χ3v) is 6.01. The zero-order valence-corrected chi connectivity index (χ0v) is 16.2. The normalized spacial score (nSPS) is 17.2. The molecule has 2 aromatic carbocycles. The Morgan fingerprint density at radius 2 is 1.89 bits per heavy atom. The fourth-order valence-corrected chi connectivity index (χ4v) is 4.43. The highest BCUT2D eigenvalue weighted by Gasteiger charge is 2.33. The average Bonchev–Trinajstić information content (AvgIpc) is 3.01. The largest absolute Gasteiger partial charge is 0.497 e. The molecule has 1 aliphatic heterocycles. The molecule has 0 aliphatic carbocycles. The number of carbonyl (C=O) groups is 1. The van der Waals surface area contributed by atoms with Crippen molar-refractivity contribution in [3.63, 3.8) is 0 Å². The number of methoxy groups -OCH3 is 2. The van der Waals surface area contributed by atoms with Crippen molar-refractivity contribution in [3.05, 3.63) is 48.0 Å². The molecule has 1 atom stereocenters. The van der Waals surface area contributed by atoms with Crippen LogP contribution in [0, 0.1) is 6.92 Å². The van der Waals surface area contributed by atoms with Gasteiger partial charge in [-0.15, -0.1) is 0 Å². The molecule has 1 aliphatic rings. The van der Waals surface area contributed by atoms with Gasteiger partial charge in [0.05, 0.1) is 19.1 Å². The lowest BCUT2D eigenvalue weighted by atomic mass is 10.2. The highest BCUT2D eigenvalue weighted by molar-refractivity contribution is 7.89.